The number of carbonyl (C=O) groups is 3. The number of urea groups is 1. The number of phenolic OH excluding ortho intramolecular Hbond substituents is 1. The van der Waals surface area contributed by atoms with E-state index in [1.54, 1.807) is 42.5 Å². The summed E-state index contributed by atoms with van der Waals surface area (Å²) >= 11 is 3.26. The van der Waals surface area contributed by atoms with Gasteiger partial charge in [-0.2, -0.15) is 0 Å². The van der Waals surface area contributed by atoms with Crippen molar-refractivity contribution in [2.45, 2.75) is 13.3 Å². The standard InChI is InChI=1S/C21H17BrN2O4/c1-3-4-14-9-13(11-17(22)18(14)25)10-16-19(26)23-21(28)24(20(16)27)15-7-5-12(2)6-8-15/h3,5-11,25H,1,4H2,2H3,(H,23,26,28)/b16-10+. The molecule has 0 bridgehead atoms. The van der Waals surface area contributed by atoms with E-state index in [1.165, 1.54) is 6.08 Å². The van der Waals surface area contributed by atoms with Crippen molar-refractivity contribution in [1.82, 2.24) is 5.32 Å². The Labute approximate surface area is 170 Å². The number of barbiturate groups is 1. The zero-order valence-corrected chi connectivity index (χ0v) is 16.6. The number of benzene rings is 2. The Morgan fingerprint density at radius 1 is 1.18 bits per heavy atom. The highest BCUT2D eigenvalue weighted by atomic mass is 79.9. The first-order valence-electron chi connectivity index (χ1n) is 8.42. The second kappa shape index (κ2) is 7.82. The van der Waals surface area contributed by atoms with Gasteiger partial charge in [-0.25, -0.2) is 9.69 Å². The van der Waals surface area contributed by atoms with E-state index in [-0.39, 0.29) is 11.3 Å². The third-order valence-corrected chi connectivity index (χ3v) is 4.84. The van der Waals surface area contributed by atoms with Crippen LogP contribution >= 0.6 is 15.9 Å². The van der Waals surface area contributed by atoms with Crippen LogP contribution in [0.4, 0.5) is 10.5 Å². The maximum Gasteiger partial charge on any atom is 0.335 e. The second-order valence-corrected chi connectivity index (χ2v) is 7.15. The molecular weight excluding hydrogens is 424 g/mol. The molecule has 0 aromatic heterocycles. The minimum Gasteiger partial charge on any atom is -0.506 e. The van der Waals surface area contributed by atoms with Crippen LogP contribution < -0.4 is 10.2 Å². The Balaban J connectivity index is 2.04. The van der Waals surface area contributed by atoms with Gasteiger partial charge in [0, 0.05) is 0 Å². The molecule has 0 spiro atoms. The van der Waals surface area contributed by atoms with Crippen molar-refractivity contribution in [3.05, 3.63) is 75.8 Å². The number of carbonyl (C=O) groups excluding carboxylic acids is 3. The zero-order valence-electron chi connectivity index (χ0n) is 15.0. The molecule has 3 rings (SSSR count). The number of nitrogens with zero attached hydrogens (tertiary/aromatic N) is 1. The van der Waals surface area contributed by atoms with E-state index >= 15 is 0 Å². The van der Waals surface area contributed by atoms with Gasteiger partial charge in [-0.15, -0.1) is 6.58 Å². The van der Waals surface area contributed by atoms with Crippen molar-refractivity contribution in [1.29, 1.82) is 0 Å². The Kier molecular flexibility index (Phi) is 5.46. The van der Waals surface area contributed by atoms with Gasteiger partial charge in [0.25, 0.3) is 11.8 Å². The molecule has 0 radical (unpaired) electrons. The predicted octanol–water partition coefficient (Wildman–Crippen LogP) is 3.86. The highest BCUT2D eigenvalue weighted by Gasteiger charge is 2.36. The molecule has 1 saturated heterocycles. The van der Waals surface area contributed by atoms with E-state index in [1.807, 2.05) is 6.92 Å². The van der Waals surface area contributed by atoms with Crippen LogP contribution in [0.1, 0.15) is 16.7 Å². The number of aromatic hydroxyl groups is 1. The number of aryl methyl sites for hydroxylation is 1. The lowest BCUT2D eigenvalue weighted by Gasteiger charge is -2.26. The summed E-state index contributed by atoms with van der Waals surface area (Å²) in [6.45, 7) is 5.54. The van der Waals surface area contributed by atoms with Crippen molar-refractivity contribution in [3.8, 4) is 5.75 Å². The van der Waals surface area contributed by atoms with Gasteiger partial charge < -0.3 is 5.11 Å². The second-order valence-electron chi connectivity index (χ2n) is 6.30. The molecule has 6 nitrogen and oxygen atoms in total. The summed E-state index contributed by atoms with van der Waals surface area (Å²) in [6, 6.07) is 9.27. The minimum atomic E-state index is -0.796. The molecule has 28 heavy (non-hydrogen) atoms. The largest absolute Gasteiger partial charge is 0.506 e. The number of allylic oxidation sites excluding steroid dienone is 1. The fraction of sp³-hybridized carbons (Fsp3) is 0.0952. The molecule has 2 aromatic rings. The van der Waals surface area contributed by atoms with Crippen LogP contribution in [0.3, 0.4) is 0 Å². The summed E-state index contributed by atoms with van der Waals surface area (Å²) < 4.78 is 0.425. The Morgan fingerprint density at radius 3 is 2.50 bits per heavy atom. The quantitative estimate of drug-likeness (QED) is 0.429. The molecule has 7 heteroatoms. The highest BCUT2D eigenvalue weighted by Crippen LogP contribution is 2.31. The third-order valence-electron chi connectivity index (χ3n) is 4.23. The maximum absolute atomic E-state index is 12.9. The van der Waals surface area contributed by atoms with E-state index in [4.69, 9.17) is 0 Å². The molecule has 2 aromatic carbocycles. The maximum atomic E-state index is 12.9. The number of phenols is 1. The molecule has 1 heterocycles. The topological polar surface area (TPSA) is 86.7 Å². The Morgan fingerprint density at radius 2 is 1.86 bits per heavy atom. The molecule has 0 aliphatic carbocycles. The van der Waals surface area contributed by atoms with Crippen LogP contribution in [0, 0.1) is 6.92 Å². The molecule has 0 unspecified atom stereocenters. The first-order chi connectivity index (χ1) is 13.3. The normalized spacial score (nSPS) is 15.7. The van der Waals surface area contributed by atoms with Crippen molar-refractivity contribution in [2.75, 3.05) is 4.90 Å². The summed E-state index contributed by atoms with van der Waals surface area (Å²) in [5.74, 6) is -1.42. The first-order valence-corrected chi connectivity index (χ1v) is 9.21. The van der Waals surface area contributed by atoms with Crippen molar-refractivity contribution >= 4 is 45.5 Å². The van der Waals surface area contributed by atoms with E-state index in [0.717, 1.165) is 10.5 Å². The fourth-order valence-electron chi connectivity index (χ4n) is 2.83. The van der Waals surface area contributed by atoms with Gasteiger partial charge in [0.2, 0.25) is 0 Å². The lowest BCUT2D eigenvalue weighted by atomic mass is 10.0. The van der Waals surface area contributed by atoms with E-state index in [9.17, 15) is 19.5 Å². The van der Waals surface area contributed by atoms with Crippen LogP contribution in [0.25, 0.3) is 6.08 Å². The van der Waals surface area contributed by atoms with Gasteiger partial charge in [0.1, 0.15) is 11.3 Å². The average Bonchev–Trinajstić information content (AvgIpc) is 2.64. The minimum absolute atomic E-state index is 0.0675. The molecule has 4 amide bonds. The molecule has 0 atom stereocenters. The van der Waals surface area contributed by atoms with Crippen LogP contribution in [0.15, 0.2) is 59.1 Å². The van der Waals surface area contributed by atoms with Crippen LogP contribution in [0.2, 0.25) is 0 Å². The average molecular weight is 441 g/mol. The predicted molar refractivity (Wildman–Crippen MR) is 110 cm³/mol. The Hall–Kier alpha value is -3.19. The number of anilines is 1. The monoisotopic (exact) mass is 440 g/mol. The van der Waals surface area contributed by atoms with Crippen LogP contribution in [-0.4, -0.2) is 23.0 Å². The summed E-state index contributed by atoms with van der Waals surface area (Å²) in [5, 5.41) is 12.3. The Bertz CT molecular complexity index is 1030. The lowest BCUT2D eigenvalue weighted by Crippen LogP contribution is -2.54. The molecule has 142 valence electrons. The number of rotatable bonds is 4. The summed E-state index contributed by atoms with van der Waals surface area (Å²) in [6.07, 6.45) is 3.44. The number of amides is 4. The number of halogens is 1. The SMILES string of the molecule is C=CCc1cc(/C=C2\C(=O)NC(=O)N(c3ccc(C)cc3)C2=O)cc(Br)c1O. The molecule has 1 fully saturated rings. The molecular formula is C21H17BrN2O4. The third kappa shape index (κ3) is 3.75. The number of nitrogens with one attached hydrogen (secondary N) is 1. The summed E-state index contributed by atoms with van der Waals surface area (Å²) in [7, 11) is 0. The summed E-state index contributed by atoms with van der Waals surface area (Å²) in [4.78, 5) is 38.3. The van der Waals surface area contributed by atoms with E-state index in [0.29, 0.717) is 27.7 Å². The number of hydrogen-bond acceptors (Lipinski definition) is 4. The van der Waals surface area contributed by atoms with Gasteiger partial charge in [-0.1, -0.05) is 23.8 Å². The smallest absolute Gasteiger partial charge is 0.335 e. The number of imide groups is 2. The van der Waals surface area contributed by atoms with Crippen LogP contribution in [-0.2, 0) is 16.0 Å². The summed E-state index contributed by atoms with van der Waals surface area (Å²) in [5.41, 5.74) is 2.28. The van der Waals surface area contributed by atoms with Crippen molar-refractivity contribution < 1.29 is 19.5 Å². The van der Waals surface area contributed by atoms with Gasteiger partial charge in [-0.05, 0) is 70.7 Å². The van der Waals surface area contributed by atoms with Crippen molar-refractivity contribution in [3.63, 3.8) is 0 Å². The van der Waals surface area contributed by atoms with Gasteiger partial charge in [0.15, 0.2) is 0 Å². The molecule has 1 aliphatic rings. The molecule has 2 N–H and O–H groups in total. The first kappa shape index (κ1) is 19.6. The van der Waals surface area contributed by atoms with Gasteiger partial charge >= 0.3 is 6.03 Å². The highest BCUT2D eigenvalue weighted by molar-refractivity contribution is 9.10. The van der Waals surface area contributed by atoms with Crippen molar-refractivity contribution in [2.24, 2.45) is 0 Å². The van der Waals surface area contributed by atoms with E-state index in [2.05, 4.69) is 27.8 Å². The fourth-order valence-corrected chi connectivity index (χ4v) is 3.35. The lowest BCUT2D eigenvalue weighted by molar-refractivity contribution is -0.122. The van der Waals surface area contributed by atoms with Gasteiger partial charge in [-0.3, -0.25) is 14.9 Å². The molecule has 0 saturated carbocycles. The van der Waals surface area contributed by atoms with Gasteiger partial charge in [0.05, 0.1) is 10.2 Å². The van der Waals surface area contributed by atoms with Crippen LogP contribution in [0.5, 0.6) is 5.75 Å². The molecule has 1 aliphatic heterocycles. The number of hydrogen-bond donors (Lipinski definition) is 2. The zero-order chi connectivity index (χ0) is 20.4. The van der Waals surface area contributed by atoms with E-state index < -0.39 is 17.8 Å².